The smallest absolute Gasteiger partial charge is 0.295 e. The molecule has 1 amide bonds. The van der Waals surface area contributed by atoms with Crippen LogP contribution < -0.4 is 14.2 Å². The fourth-order valence-electron chi connectivity index (χ4n) is 3.86. The summed E-state index contributed by atoms with van der Waals surface area (Å²) in [4.78, 5) is 27.7. The van der Waals surface area contributed by atoms with Crippen LogP contribution in [0.5, 0.6) is 17.2 Å². The first kappa shape index (κ1) is 24.1. The molecule has 1 N–H and O–H groups in total. The van der Waals surface area contributed by atoms with Gasteiger partial charge in [0.25, 0.3) is 11.7 Å². The van der Waals surface area contributed by atoms with Crippen LogP contribution in [0.1, 0.15) is 31.0 Å². The van der Waals surface area contributed by atoms with Crippen LogP contribution in [0.3, 0.4) is 0 Å². The molecule has 1 saturated heterocycles. The molecule has 0 spiro atoms. The fraction of sp³-hybridized carbons (Fsp3) is 0.360. The maximum Gasteiger partial charge on any atom is 0.295 e. The molecule has 0 radical (unpaired) electrons. The third-order valence-electron chi connectivity index (χ3n) is 5.42. The van der Waals surface area contributed by atoms with Gasteiger partial charge in [0, 0.05) is 12.1 Å². The first-order valence-corrected chi connectivity index (χ1v) is 10.6. The Balaban J connectivity index is 2.21. The van der Waals surface area contributed by atoms with Gasteiger partial charge in [0.1, 0.15) is 23.0 Å². The number of aliphatic hydroxyl groups is 1. The first-order chi connectivity index (χ1) is 15.8. The summed E-state index contributed by atoms with van der Waals surface area (Å²) in [6.07, 6.45) is -0.0346. The molecule has 3 rings (SSSR count). The zero-order valence-electron chi connectivity index (χ0n) is 19.5. The highest BCUT2D eigenvalue weighted by molar-refractivity contribution is 6.46. The van der Waals surface area contributed by atoms with Gasteiger partial charge < -0.3 is 29.0 Å². The number of benzene rings is 2. The number of para-hydroxylation sites is 1. The molecule has 1 aliphatic heterocycles. The van der Waals surface area contributed by atoms with Gasteiger partial charge in [-0.25, -0.2) is 0 Å². The molecule has 0 bridgehead atoms. The van der Waals surface area contributed by atoms with Crippen molar-refractivity contribution in [1.82, 2.24) is 4.90 Å². The third-order valence-corrected chi connectivity index (χ3v) is 5.42. The van der Waals surface area contributed by atoms with E-state index in [-0.39, 0.29) is 36.2 Å². The van der Waals surface area contributed by atoms with E-state index in [0.717, 1.165) is 0 Å². The lowest BCUT2D eigenvalue weighted by atomic mass is 9.94. The van der Waals surface area contributed by atoms with Crippen molar-refractivity contribution in [1.29, 1.82) is 0 Å². The Kier molecular flexibility index (Phi) is 7.60. The SMILES string of the molecule is COc1ccc(OC)c(/C(O)=C2\C(=O)C(=O)N(CCOC(C)C)C2c2ccccc2OC)c1. The molecule has 2 aromatic rings. The molecule has 0 aliphatic carbocycles. The monoisotopic (exact) mass is 455 g/mol. The number of rotatable bonds is 9. The molecule has 0 aromatic heterocycles. The van der Waals surface area contributed by atoms with Crippen molar-refractivity contribution >= 4 is 17.4 Å². The van der Waals surface area contributed by atoms with E-state index in [2.05, 4.69) is 0 Å². The minimum atomic E-state index is -0.868. The van der Waals surface area contributed by atoms with Crippen molar-refractivity contribution in [3.05, 3.63) is 59.2 Å². The lowest BCUT2D eigenvalue weighted by Crippen LogP contribution is -2.33. The zero-order valence-corrected chi connectivity index (χ0v) is 19.5. The second-order valence-corrected chi connectivity index (χ2v) is 7.72. The van der Waals surface area contributed by atoms with E-state index in [9.17, 15) is 14.7 Å². The number of hydrogen-bond acceptors (Lipinski definition) is 7. The number of ether oxygens (including phenoxy) is 4. The lowest BCUT2D eigenvalue weighted by Gasteiger charge is -2.27. The number of methoxy groups -OCH3 is 3. The number of amides is 1. The van der Waals surface area contributed by atoms with Crippen molar-refractivity contribution in [2.45, 2.75) is 26.0 Å². The first-order valence-electron chi connectivity index (χ1n) is 10.6. The topological polar surface area (TPSA) is 94.5 Å². The number of aliphatic hydroxyl groups excluding tert-OH is 1. The van der Waals surface area contributed by atoms with Crippen LogP contribution in [-0.4, -0.2) is 62.3 Å². The molecule has 0 saturated carbocycles. The van der Waals surface area contributed by atoms with Crippen molar-refractivity contribution in [2.24, 2.45) is 0 Å². The molecule has 2 aromatic carbocycles. The van der Waals surface area contributed by atoms with Gasteiger partial charge in [0.05, 0.1) is 51.2 Å². The number of Topliss-reactive ketones (excluding diaryl/α,β-unsaturated/α-hetero) is 1. The van der Waals surface area contributed by atoms with E-state index in [1.807, 2.05) is 13.8 Å². The van der Waals surface area contributed by atoms with Crippen molar-refractivity contribution in [3.63, 3.8) is 0 Å². The molecular weight excluding hydrogens is 426 g/mol. The number of nitrogens with zero attached hydrogens (tertiary/aromatic N) is 1. The Bertz CT molecular complexity index is 1060. The van der Waals surface area contributed by atoms with Crippen LogP contribution in [-0.2, 0) is 14.3 Å². The Hall–Kier alpha value is -3.52. The quantitative estimate of drug-likeness (QED) is 0.351. The van der Waals surface area contributed by atoms with Gasteiger partial charge in [0.2, 0.25) is 0 Å². The second-order valence-electron chi connectivity index (χ2n) is 7.72. The van der Waals surface area contributed by atoms with Gasteiger partial charge >= 0.3 is 0 Å². The standard InChI is InChI=1S/C25H29NO7/c1-15(2)33-13-12-26-22(17-8-6-7-9-19(17)31-4)21(24(28)25(26)29)23(27)18-14-16(30-3)10-11-20(18)32-5/h6-11,14-15,22,27H,12-13H2,1-5H3/b23-21+. The summed E-state index contributed by atoms with van der Waals surface area (Å²) in [6, 6.07) is 11.1. The summed E-state index contributed by atoms with van der Waals surface area (Å²) in [7, 11) is 4.46. The van der Waals surface area contributed by atoms with Gasteiger partial charge in [-0.05, 0) is 38.1 Å². The Labute approximate surface area is 193 Å². The molecule has 8 nitrogen and oxygen atoms in total. The van der Waals surface area contributed by atoms with Crippen LogP contribution in [0.2, 0.25) is 0 Å². The minimum Gasteiger partial charge on any atom is -0.507 e. The lowest BCUT2D eigenvalue weighted by molar-refractivity contribution is -0.140. The van der Waals surface area contributed by atoms with Gasteiger partial charge in [-0.3, -0.25) is 9.59 Å². The molecule has 1 aliphatic rings. The van der Waals surface area contributed by atoms with Crippen LogP contribution >= 0.6 is 0 Å². The predicted octanol–water partition coefficient (Wildman–Crippen LogP) is 3.56. The van der Waals surface area contributed by atoms with E-state index >= 15 is 0 Å². The second kappa shape index (κ2) is 10.4. The number of carbonyl (C=O) groups is 2. The predicted molar refractivity (Wildman–Crippen MR) is 123 cm³/mol. The zero-order chi connectivity index (χ0) is 24.1. The minimum absolute atomic E-state index is 0.0346. The van der Waals surface area contributed by atoms with Gasteiger partial charge in [-0.1, -0.05) is 18.2 Å². The Morgan fingerprint density at radius 2 is 1.70 bits per heavy atom. The average molecular weight is 456 g/mol. The molecule has 1 atom stereocenters. The third kappa shape index (κ3) is 4.80. The van der Waals surface area contributed by atoms with Crippen LogP contribution in [0.25, 0.3) is 5.76 Å². The van der Waals surface area contributed by atoms with Crippen LogP contribution in [0.15, 0.2) is 48.0 Å². The maximum atomic E-state index is 13.2. The summed E-state index contributed by atoms with van der Waals surface area (Å²) in [5, 5.41) is 11.3. The summed E-state index contributed by atoms with van der Waals surface area (Å²) in [5.41, 5.74) is 0.765. The van der Waals surface area contributed by atoms with E-state index in [1.54, 1.807) is 42.5 Å². The van der Waals surface area contributed by atoms with E-state index < -0.39 is 17.7 Å². The summed E-state index contributed by atoms with van der Waals surface area (Å²) >= 11 is 0. The van der Waals surface area contributed by atoms with E-state index in [4.69, 9.17) is 18.9 Å². The maximum absolute atomic E-state index is 13.2. The van der Waals surface area contributed by atoms with Crippen LogP contribution in [0.4, 0.5) is 0 Å². The molecule has 176 valence electrons. The molecular formula is C25H29NO7. The molecule has 8 heteroatoms. The van der Waals surface area contributed by atoms with Crippen LogP contribution in [0, 0.1) is 0 Å². The summed E-state index contributed by atoms with van der Waals surface area (Å²) in [6.45, 7) is 4.18. The van der Waals surface area contributed by atoms with Gasteiger partial charge in [-0.2, -0.15) is 0 Å². The highest BCUT2D eigenvalue weighted by Crippen LogP contribution is 2.44. The highest BCUT2D eigenvalue weighted by atomic mass is 16.5. The average Bonchev–Trinajstić information content (AvgIpc) is 3.07. The van der Waals surface area contributed by atoms with Gasteiger partial charge in [0.15, 0.2) is 0 Å². The van der Waals surface area contributed by atoms with E-state index in [0.29, 0.717) is 22.8 Å². The number of likely N-dealkylation sites (tertiary alicyclic amines) is 1. The summed E-state index contributed by atoms with van der Waals surface area (Å²) < 4.78 is 21.8. The molecule has 1 unspecified atom stereocenters. The molecule has 1 fully saturated rings. The fourth-order valence-corrected chi connectivity index (χ4v) is 3.86. The summed E-state index contributed by atoms with van der Waals surface area (Å²) in [5.74, 6) is -0.582. The van der Waals surface area contributed by atoms with Crippen molar-refractivity contribution in [3.8, 4) is 17.2 Å². The number of carbonyl (C=O) groups excluding carboxylic acids is 2. The van der Waals surface area contributed by atoms with Crippen molar-refractivity contribution in [2.75, 3.05) is 34.5 Å². The van der Waals surface area contributed by atoms with Crippen molar-refractivity contribution < 1.29 is 33.6 Å². The molecule has 33 heavy (non-hydrogen) atoms. The molecule has 1 heterocycles. The van der Waals surface area contributed by atoms with Gasteiger partial charge in [-0.15, -0.1) is 0 Å². The Morgan fingerprint density at radius 1 is 1.00 bits per heavy atom. The van der Waals surface area contributed by atoms with E-state index in [1.165, 1.54) is 26.2 Å². The normalized spacial score (nSPS) is 17.5. The number of ketones is 1. The highest BCUT2D eigenvalue weighted by Gasteiger charge is 2.47. The largest absolute Gasteiger partial charge is 0.507 e. The number of hydrogen-bond donors (Lipinski definition) is 1. The Morgan fingerprint density at radius 3 is 2.33 bits per heavy atom.